The topological polar surface area (TPSA) is 52.6 Å². The summed E-state index contributed by atoms with van der Waals surface area (Å²) in [4.78, 5) is 16.1. The lowest BCUT2D eigenvalue weighted by Crippen LogP contribution is -2.48. The average molecular weight is 322 g/mol. The molecule has 0 aromatic carbocycles. The molecule has 4 nitrogen and oxygen atoms in total. The summed E-state index contributed by atoms with van der Waals surface area (Å²) in [6.07, 6.45) is 5.42. The molecule has 2 atom stereocenters. The predicted octanol–water partition coefficient (Wildman–Crippen LogP) is 2.55. The second kappa shape index (κ2) is 6.69. The number of hydrogen-bond acceptors (Lipinski definition) is 4. The molecule has 22 heavy (non-hydrogen) atoms. The average Bonchev–Trinajstić information content (AvgIpc) is 3.17. The summed E-state index contributed by atoms with van der Waals surface area (Å²) < 4.78 is 0. The van der Waals surface area contributed by atoms with Gasteiger partial charge in [0, 0.05) is 17.5 Å². The maximum atomic E-state index is 12.3. The number of nitrogens with one attached hydrogen (secondary N) is 1. The van der Waals surface area contributed by atoms with Gasteiger partial charge in [0.2, 0.25) is 0 Å². The Morgan fingerprint density at radius 2 is 2.23 bits per heavy atom. The number of rotatable bonds is 4. The lowest BCUT2D eigenvalue weighted by atomic mass is 9.88. The maximum Gasteiger partial charge on any atom is 0.251 e. The van der Waals surface area contributed by atoms with Crippen molar-refractivity contribution < 1.29 is 9.90 Å². The van der Waals surface area contributed by atoms with Crippen molar-refractivity contribution in [3.8, 4) is 0 Å². The van der Waals surface area contributed by atoms with E-state index in [1.165, 1.54) is 11.3 Å². The Morgan fingerprint density at radius 1 is 1.45 bits per heavy atom. The molecule has 0 bridgehead atoms. The zero-order valence-corrected chi connectivity index (χ0v) is 14.1. The van der Waals surface area contributed by atoms with Crippen LogP contribution in [0.3, 0.4) is 0 Å². The number of carbonyl (C=O) groups excluding carboxylic acids is 1. The zero-order valence-electron chi connectivity index (χ0n) is 13.3. The minimum absolute atomic E-state index is 0.164. The van der Waals surface area contributed by atoms with Crippen LogP contribution >= 0.6 is 11.3 Å². The molecule has 1 aromatic rings. The summed E-state index contributed by atoms with van der Waals surface area (Å²) >= 11 is 1.79. The van der Waals surface area contributed by atoms with E-state index in [0.29, 0.717) is 31.3 Å². The lowest BCUT2D eigenvalue weighted by molar-refractivity contribution is -0.139. The highest BCUT2D eigenvalue weighted by Crippen LogP contribution is 2.37. The van der Waals surface area contributed by atoms with Gasteiger partial charge in [-0.15, -0.1) is 11.3 Å². The maximum absolute atomic E-state index is 12.3. The van der Waals surface area contributed by atoms with Crippen LogP contribution in [0.15, 0.2) is 17.5 Å². The van der Waals surface area contributed by atoms with Crippen molar-refractivity contribution in [1.29, 1.82) is 0 Å². The molecule has 1 aliphatic carbocycles. The molecule has 1 aliphatic heterocycles. The van der Waals surface area contributed by atoms with Gasteiger partial charge in [-0.1, -0.05) is 6.07 Å². The van der Waals surface area contributed by atoms with Crippen molar-refractivity contribution in [2.45, 2.75) is 50.2 Å². The molecular formula is C17H26N2O2S. The first kappa shape index (κ1) is 16.0. The van der Waals surface area contributed by atoms with Crippen LogP contribution in [0.2, 0.25) is 0 Å². The molecule has 2 fully saturated rings. The molecule has 3 rings (SSSR count). The Balaban J connectivity index is 1.63. The highest BCUT2D eigenvalue weighted by molar-refractivity contribution is 7.10. The third kappa shape index (κ3) is 3.21. The monoisotopic (exact) mass is 322 g/mol. The van der Waals surface area contributed by atoms with Crippen LogP contribution in [0, 0.1) is 5.92 Å². The van der Waals surface area contributed by atoms with E-state index < -0.39 is 5.60 Å². The molecule has 5 heteroatoms. The molecule has 2 heterocycles. The molecular weight excluding hydrogens is 296 g/mol. The summed E-state index contributed by atoms with van der Waals surface area (Å²) in [6, 6.07) is 4.67. The number of hydrogen-bond donors (Lipinski definition) is 2. The number of aliphatic hydroxyl groups is 1. The van der Waals surface area contributed by atoms with Crippen LogP contribution < -0.4 is 5.32 Å². The minimum atomic E-state index is -1.11. The van der Waals surface area contributed by atoms with Crippen molar-refractivity contribution in [1.82, 2.24) is 10.2 Å². The van der Waals surface area contributed by atoms with Crippen molar-refractivity contribution in [2.24, 2.45) is 5.92 Å². The molecule has 1 saturated heterocycles. The normalized spacial score (nSPS) is 28.6. The number of piperidine rings is 1. The fourth-order valence-electron chi connectivity index (χ4n) is 3.96. The van der Waals surface area contributed by atoms with E-state index in [4.69, 9.17) is 0 Å². The third-order valence-electron chi connectivity index (χ3n) is 5.22. The minimum Gasteiger partial charge on any atom is -0.380 e. The van der Waals surface area contributed by atoms with Gasteiger partial charge in [-0.25, -0.2) is 0 Å². The molecule has 122 valence electrons. The Hall–Kier alpha value is -0.910. The second-order valence-electron chi connectivity index (χ2n) is 6.79. The Kier molecular flexibility index (Phi) is 4.85. The molecule has 2 aliphatic rings. The number of thiophene rings is 1. The smallest absolute Gasteiger partial charge is 0.251 e. The fraction of sp³-hybridized carbons (Fsp3) is 0.706. The van der Waals surface area contributed by atoms with E-state index in [2.05, 4.69) is 34.8 Å². The van der Waals surface area contributed by atoms with Crippen LogP contribution in [0.5, 0.6) is 0 Å². The molecule has 0 spiro atoms. The Morgan fingerprint density at radius 3 is 2.91 bits per heavy atom. The molecule has 1 amide bonds. The van der Waals surface area contributed by atoms with E-state index in [1.807, 2.05) is 0 Å². The summed E-state index contributed by atoms with van der Waals surface area (Å²) in [5, 5.41) is 15.5. The molecule has 2 unspecified atom stereocenters. The highest BCUT2D eigenvalue weighted by atomic mass is 32.1. The van der Waals surface area contributed by atoms with Crippen molar-refractivity contribution in [3.63, 3.8) is 0 Å². The molecule has 2 N–H and O–H groups in total. The summed E-state index contributed by atoms with van der Waals surface area (Å²) in [5.74, 6) is 0.259. The van der Waals surface area contributed by atoms with Crippen molar-refractivity contribution in [3.05, 3.63) is 22.4 Å². The van der Waals surface area contributed by atoms with E-state index in [-0.39, 0.29) is 5.91 Å². The first-order valence-electron chi connectivity index (χ1n) is 8.34. The van der Waals surface area contributed by atoms with E-state index in [9.17, 15) is 9.90 Å². The molecule has 1 aromatic heterocycles. The van der Waals surface area contributed by atoms with E-state index in [0.717, 1.165) is 25.8 Å². The second-order valence-corrected chi connectivity index (χ2v) is 7.77. The first-order chi connectivity index (χ1) is 10.6. The standard InChI is InChI=1S/C17H26N2O2S/c1-19-10-4-6-13(15(19)14-7-5-11-22-14)12-18-16(20)17(21)8-2-3-9-17/h5,7,11,13,15,21H,2-4,6,8-10,12H2,1H3,(H,18,20). The van der Waals surface area contributed by atoms with Gasteiger partial charge in [-0.05, 0) is 69.5 Å². The van der Waals surface area contributed by atoms with Gasteiger partial charge in [-0.2, -0.15) is 0 Å². The van der Waals surface area contributed by atoms with Crippen molar-refractivity contribution in [2.75, 3.05) is 20.1 Å². The largest absolute Gasteiger partial charge is 0.380 e. The van der Waals surface area contributed by atoms with Crippen LogP contribution in [-0.2, 0) is 4.79 Å². The van der Waals surface area contributed by atoms with Crippen LogP contribution in [-0.4, -0.2) is 41.7 Å². The van der Waals surface area contributed by atoms with Gasteiger partial charge in [0.1, 0.15) is 5.60 Å². The first-order valence-corrected chi connectivity index (χ1v) is 9.22. The van der Waals surface area contributed by atoms with Crippen LogP contribution in [0.25, 0.3) is 0 Å². The summed E-state index contributed by atoms with van der Waals surface area (Å²) in [7, 11) is 2.17. The number of likely N-dealkylation sites (tertiary alicyclic amines) is 1. The number of amides is 1. The third-order valence-corrected chi connectivity index (χ3v) is 6.16. The zero-order chi connectivity index (χ0) is 15.6. The van der Waals surface area contributed by atoms with Crippen LogP contribution in [0.1, 0.15) is 49.4 Å². The SMILES string of the molecule is CN1CCCC(CNC(=O)C2(O)CCCC2)C1c1cccs1. The number of nitrogens with zero attached hydrogens (tertiary/aromatic N) is 1. The van der Waals surface area contributed by atoms with E-state index >= 15 is 0 Å². The van der Waals surface area contributed by atoms with Gasteiger partial charge in [0.25, 0.3) is 5.91 Å². The quantitative estimate of drug-likeness (QED) is 0.896. The van der Waals surface area contributed by atoms with Crippen molar-refractivity contribution >= 4 is 17.2 Å². The van der Waals surface area contributed by atoms with Gasteiger partial charge < -0.3 is 10.4 Å². The molecule has 0 radical (unpaired) electrons. The van der Waals surface area contributed by atoms with E-state index in [1.54, 1.807) is 11.3 Å². The molecule has 1 saturated carbocycles. The van der Waals surface area contributed by atoms with Gasteiger partial charge in [0.15, 0.2) is 0 Å². The Labute approximate surface area is 136 Å². The lowest BCUT2D eigenvalue weighted by Gasteiger charge is -2.39. The summed E-state index contributed by atoms with van der Waals surface area (Å²) in [5.41, 5.74) is -1.11. The number of carbonyl (C=O) groups is 1. The predicted molar refractivity (Wildman–Crippen MR) is 88.8 cm³/mol. The van der Waals surface area contributed by atoms with Gasteiger partial charge in [0.05, 0.1) is 0 Å². The van der Waals surface area contributed by atoms with Gasteiger partial charge in [-0.3, -0.25) is 9.69 Å². The summed E-state index contributed by atoms with van der Waals surface area (Å²) in [6.45, 7) is 1.77. The Bertz CT molecular complexity index is 497. The fourth-order valence-corrected chi connectivity index (χ4v) is 4.94. The van der Waals surface area contributed by atoms with Gasteiger partial charge >= 0.3 is 0 Å². The highest BCUT2D eigenvalue weighted by Gasteiger charge is 2.39. The van der Waals surface area contributed by atoms with Crippen LogP contribution in [0.4, 0.5) is 0 Å².